The first-order valence-corrected chi connectivity index (χ1v) is 6.21. The Morgan fingerprint density at radius 2 is 2.06 bits per heavy atom. The second kappa shape index (κ2) is 5.91. The van der Waals surface area contributed by atoms with Crippen molar-refractivity contribution < 1.29 is 5.11 Å². The van der Waals surface area contributed by atoms with Crippen molar-refractivity contribution in [2.24, 2.45) is 7.05 Å². The summed E-state index contributed by atoms with van der Waals surface area (Å²) in [4.78, 5) is 2.09. The van der Waals surface area contributed by atoms with Crippen molar-refractivity contribution in [2.45, 2.75) is 33.1 Å². The van der Waals surface area contributed by atoms with Gasteiger partial charge in [-0.05, 0) is 12.3 Å². The molecule has 0 saturated heterocycles. The molecule has 0 bridgehead atoms. The molecule has 98 valence electrons. The fourth-order valence-electron chi connectivity index (χ4n) is 2.07. The van der Waals surface area contributed by atoms with Gasteiger partial charge in [-0.15, -0.1) is 0 Å². The zero-order chi connectivity index (χ0) is 13.0. The zero-order valence-corrected chi connectivity index (χ0v) is 11.3. The van der Waals surface area contributed by atoms with Crippen LogP contribution in [0, 0.1) is 0 Å². The van der Waals surface area contributed by atoms with Gasteiger partial charge in [0.05, 0.1) is 18.0 Å². The third kappa shape index (κ3) is 2.91. The number of hydrogen-bond donors (Lipinski definition) is 2. The van der Waals surface area contributed by atoms with Gasteiger partial charge in [0.2, 0.25) is 0 Å². The Hall–Kier alpha value is -1.23. The maximum absolute atomic E-state index is 9.11. The molecule has 0 aromatic carbocycles. The number of nitrogens with zero attached hydrogens (tertiary/aromatic N) is 3. The van der Waals surface area contributed by atoms with Crippen LogP contribution >= 0.6 is 0 Å². The molecule has 1 aromatic rings. The monoisotopic (exact) mass is 240 g/mol. The normalized spacial score (nSPS) is 11.2. The zero-order valence-electron chi connectivity index (χ0n) is 11.3. The quantitative estimate of drug-likeness (QED) is 0.787. The summed E-state index contributed by atoms with van der Waals surface area (Å²) >= 11 is 0. The van der Waals surface area contributed by atoms with Crippen molar-refractivity contribution >= 4 is 11.5 Å². The summed E-state index contributed by atoms with van der Waals surface area (Å²) in [7, 11) is 1.90. The van der Waals surface area contributed by atoms with Crippen LogP contribution in [0.3, 0.4) is 0 Å². The summed E-state index contributed by atoms with van der Waals surface area (Å²) in [5, 5.41) is 13.6. The van der Waals surface area contributed by atoms with Crippen LogP contribution in [0.2, 0.25) is 0 Å². The Labute approximate surface area is 103 Å². The second-order valence-electron chi connectivity index (χ2n) is 4.61. The van der Waals surface area contributed by atoms with E-state index in [1.807, 2.05) is 11.7 Å². The van der Waals surface area contributed by atoms with E-state index in [4.69, 9.17) is 10.8 Å². The van der Waals surface area contributed by atoms with Gasteiger partial charge in [0.15, 0.2) is 5.82 Å². The molecule has 3 N–H and O–H groups in total. The molecule has 1 aromatic heterocycles. The van der Waals surface area contributed by atoms with Gasteiger partial charge in [0.25, 0.3) is 0 Å². The maximum atomic E-state index is 9.11. The Balaban J connectivity index is 3.09. The number of nitrogen functional groups attached to an aromatic ring is 1. The summed E-state index contributed by atoms with van der Waals surface area (Å²) in [6, 6.07) is 0. The molecule has 5 heteroatoms. The third-order valence-electron chi connectivity index (χ3n) is 2.79. The lowest BCUT2D eigenvalue weighted by molar-refractivity contribution is 0.301. The first-order valence-electron chi connectivity index (χ1n) is 6.21. The molecule has 0 aliphatic heterocycles. The molecular weight excluding hydrogens is 216 g/mol. The van der Waals surface area contributed by atoms with Gasteiger partial charge >= 0.3 is 0 Å². The molecule has 0 fully saturated rings. The van der Waals surface area contributed by atoms with Gasteiger partial charge in [0, 0.05) is 20.1 Å². The van der Waals surface area contributed by atoms with E-state index in [-0.39, 0.29) is 6.61 Å². The van der Waals surface area contributed by atoms with Crippen LogP contribution in [0.15, 0.2) is 0 Å². The molecule has 0 atom stereocenters. The molecule has 0 aliphatic rings. The minimum absolute atomic E-state index is 0.127. The minimum Gasteiger partial charge on any atom is -0.395 e. The standard InChI is InChI=1S/C12H24N4O/c1-5-6-16(7-8-17)12-10(13)11(9(2)3)14-15(12)4/h9,17H,5-8,13H2,1-4H3. The smallest absolute Gasteiger partial charge is 0.150 e. The van der Waals surface area contributed by atoms with E-state index in [1.165, 1.54) is 0 Å². The first kappa shape index (κ1) is 13.8. The summed E-state index contributed by atoms with van der Waals surface area (Å²) < 4.78 is 1.82. The average Bonchev–Trinajstić information content (AvgIpc) is 2.54. The molecule has 0 aliphatic carbocycles. The van der Waals surface area contributed by atoms with Crippen LogP contribution in [0.1, 0.15) is 38.8 Å². The van der Waals surface area contributed by atoms with E-state index in [2.05, 4.69) is 30.8 Å². The fourth-order valence-corrected chi connectivity index (χ4v) is 2.07. The minimum atomic E-state index is 0.127. The maximum Gasteiger partial charge on any atom is 0.150 e. The lowest BCUT2D eigenvalue weighted by atomic mass is 10.1. The van der Waals surface area contributed by atoms with Gasteiger partial charge in [-0.3, -0.25) is 4.68 Å². The van der Waals surface area contributed by atoms with Crippen LogP contribution in [-0.4, -0.2) is 34.6 Å². The molecule has 0 spiro atoms. The number of anilines is 2. The van der Waals surface area contributed by atoms with Crippen LogP contribution in [-0.2, 0) is 7.05 Å². The Bertz CT molecular complexity index is 354. The Morgan fingerprint density at radius 1 is 1.41 bits per heavy atom. The second-order valence-corrected chi connectivity index (χ2v) is 4.61. The van der Waals surface area contributed by atoms with Crippen LogP contribution in [0.5, 0.6) is 0 Å². The Kier molecular flexibility index (Phi) is 4.81. The van der Waals surface area contributed by atoms with E-state index >= 15 is 0 Å². The molecular formula is C12H24N4O. The van der Waals surface area contributed by atoms with Crippen molar-refractivity contribution in [2.75, 3.05) is 30.3 Å². The highest BCUT2D eigenvalue weighted by Crippen LogP contribution is 2.30. The summed E-state index contributed by atoms with van der Waals surface area (Å²) in [6.07, 6.45) is 1.02. The molecule has 0 saturated carbocycles. The van der Waals surface area contributed by atoms with Crippen LogP contribution in [0.4, 0.5) is 11.5 Å². The number of aromatic nitrogens is 2. The lowest BCUT2D eigenvalue weighted by Gasteiger charge is -2.23. The van der Waals surface area contributed by atoms with Crippen molar-refractivity contribution in [3.8, 4) is 0 Å². The Morgan fingerprint density at radius 3 is 2.47 bits per heavy atom. The number of aryl methyl sites for hydroxylation is 1. The first-order chi connectivity index (χ1) is 8.02. The number of rotatable bonds is 6. The number of nitrogens with two attached hydrogens (primary N) is 1. The van der Waals surface area contributed by atoms with E-state index < -0.39 is 0 Å². The predicted octanol–water partition coefficient (Wildman–Crippen LogP) is 1.33. The molecule has 0 amide bonds. The highest BCUT2D eigenvalue weighted by atomic mass is 16.3. The highest BCUT2D eigenvalue weighted by molar-refractivity contribution is 5.67. The van der Waals surface area contributed by atoms with E-state index in [0.29, 0.717) is 12.5 Å². The van der Waals surface area contributed by atoms with E-state index in [0.717, 1.165) is 30.2 Å². The number of aliphatic hydroxyl groups excluding tert-OH is 1. The summed E-state index contributed by atoms with van der Waals surface area (Å²) in [5.41, 5.74) is 7.83. The molecule has 1 rings (SSSR count). The molecule has 0 unspecified atom stereocenters. The van der Waals surface area contributed by atoms with Gasteiger partial charge in [-0.2, -0.15) is 5.10 Å². The van der Waals surface area contributed by atoms with Crippen LogP contribution in [0.25, 0.3) is 0 Å². The van der Waals surface area contributed by atoms with Gasteiger partial charge in [0.1, 0.15) is 0 Å². The van der Waals surface area contributed by atoms with Crippen molar-refractivity contribution in [3.05, 3.63) is 5.69 Å². The number of hydrogen-bond acceptors (Lipinski definition) is 4. The SMILES string of the molecule is CCCN(CCO)c1c(N)c(C(C)C)nn1C. The predicted molar refractivity (Wildman–Crippen MR) is 71.3 cm³/mol. The largest absolute Gasteiger partial charge is 0.395 e. The van der Waals surface area contributed by atoms with Crippen molar-refractivity contribution in [3.63, 3.8) is 0 Å². The van der Waals surface area contributed by atoms with E-state index in [9.17, 15) is 0 Å². The molecule has 5 nitrogen and oxygen atoms in total. The van der Waals surface area contributed by atoms with Gasteiger partial charge in [-0.1, -0.05) is 20.8 Å². The average molecular weight is 240 g/mol. The summed E-state index contributed by atoms with van der Waals surface area (Å²) in [5.74, 6) is 1.23. The van der Waals surface area contributed by atoms with Crippen molar-refractivity contribution in [1.29, 1.82) is 0 Å². The molecule has 0 radical (unpaired) electrons. The summed E-state index contributed by atoms with van der Waals surface area (Å²) in [6.45, 7) is 7.87. The fraction of sp³-hybridized carbons (Fsp3) is 0.750. The highest BCUT2D eigenvalue weighted by Gasteiger charge is 2.20. The lowest BCUT2D eigenvalue weighted by Crippen LogP contribution is -2.30. The van der Waals surface area contributed by atoms with Gasteiger partial charge < -0.3 is 15.7 Å². The molecule has 1 heterocycles. The van der Waals surface area contributed by atoms with Gasteiger partial charge in [-0.25, -0.2) is 0 Å². The third-order valence-corrected chi connectivity index (χ3v) is 2.79. The van der Waals surface area contributed by atoms with Crippen molar-refractivity contribution in [1.82, 2.24) is 9.78 Å². The van der Waals surface area contributed by atoms with E-state index in [1.54, 1.807) is 0 Å². The number of aliphatic hydroxyl groups is 1. The topological polar surface area (TPSA) is 67.3 Å². The molecule has 17 heavy (non-hydrogen) atoms. The van der Waals surface area contributed by atoms with Crippen LogP contribution < -0.4 is 10.6 Å².